The summed E-state index contributed by atoms with van der Waals surface area (Å²) in [4.78, 5) is 0. The van der Waals surface area contributed by atoms with Crippen LogP contribution in [0.25, 0.3) is 0 Å². The van der Waals surface area contributed by atoms with Crippen LogP contribution in [-0.4, -0.2) is 25.2 Å². The van der Waals surface area contributed by atoms with Gasteiger partial charge in [0.15, 0.2) is 0 Å². The van der Waals surface area contributed by atoms with Gasteiger partial charge < -0.3 is 10.1 Å². The number of aryl methyl sites for hydroxylation is 1. The number of thioether (sulfide) groups is 1. The molecule has 1 unspecified atom stereocenters. The molecule has 88 valence electrons. The van der Waals surface area contributed by atoms with Crippen molar-refractivity contribution in [2.75, 3.05) is 30.5 Å². The molecule has 2 rings (SSSR count). The Morgan fingerprint density at radius 1 is 1.50 bits per heavy atom. The number of rotatable bonds is 4. The largest absolute Gasteiger partial charge is 0.496 e. The van der Waals surface area contributed by atoms with Crippen molar-refractivity contribution in [3.8, 4) is 5.75 Å². The van der Waals surface area contributed by atoms with Crippen LogP contribution in [-0.2, 0) is 0 Å². The molecule has 1 aliphatic heterocycles. The zero-order valence-electron chi connectivity index (χ0n) is 9.95. The Morgan fingerprint density at radius 3 is 3.00 bits per heavy atom. The minimum absolute atomic E-state index is 0.840. The smallest absolute Gasteiger partial charge is 0.121 e. The number of hydrogen-bond donors (Lipinski definition) is 1. The van der Waals surface area contributed by atoms with Crippen molar-refractivity contribution < 1.29 is 4.74 Å². The molecule has 16 heavy (non-hydrogen) atoms. The lowest BCUT2D eigenvalue weighted by molar-refractivity contribution is 0.412. The van der Waals surface area contributed by atoms with Gasteiger partial charge in [0.05, 0.1) is 7.11 Å². The molecule has 1 aliphatic rings. The van der Waals surface area contributed by atoms with Gasteiger partial charge in [-0.15, -0.1) is 0 Å². The highest BCUT2D eigenvalue weighted by Gasteiger charge is 2.14. The van der Waals surface area contributed by atoms with Crippen LogP contribution in [0, 0.1) is 12.8 Å². The molecular formula is C13H19NOS. The van der Waals surface area contributed by atoms with Crippen LogP contribution in [0.2, 0.25) is 0 Å². The summed E-state index contributed by atoms with van der Waals surface area (Å²) in [6.45, 7) is 3.17. The van der Waals surface area contributed by atoms with Crippen molar-refractivity contribution in [2.24, 2.45) is 5.92 Å². The van der Waals surface area contributed by atoms with Gasteiger partial charge in [-0.05, 0) is 54.5 Å². The summed E-state index contributed by atoms with van der Waals surface area (Å²) in [7, 11) is 1.71. The van der Waals surface area contributed by atoms with Crippen molar-refractivity contribution in [3.05, 3.63) is 23.8 Å². The van der Waals surface area contributed by atoms with Gasteiger partial charge in [0.1, 0.15) is 5.75 Å². The zero-order valence-corrected chi connectivity index (χ0v) is 10.8. The normalized spacial score (nSPS) is 19.8. The van der Waals surface area contributed by atoms with Gasteiger partial charge >= 0.3 is 0 Å². The third-order valence-corrected chi connectivity index (χ3v) is 4.25. The third-order valence-electron chi connectivity index (χ3n) is 3.01. The average molecular weight is 237 g/mol. The predicted molar refractivity (Wildman–Crippen MR) is 71.7 cm³/mol. The van der Waals surface area contributed by atoms with Gasteiger partial charge in [-0.25, -0.2) is 0 Å². The summed E-state index contributed by atoms with van der Waals surface area (Å²) in [6, 6.07) is 6.27. The monoisotopic (exact) mass is 237 g/mol. The maximum atomic E-state index is 5.25. The van der Waals surface area contributed by atoms with Crippen molar-refractivity contribution >= 4 is 17.4 Å². The van der Waals surface area contributed by atoms with Crippen molar-refractivity contribution in [1.82, 2.24) is 0 Å². The Morgan fingerprint density at radius 2 is 2.38 bits per heavy atom. The Kier molecular flexibility index (Phi) is 3.99. The maximum absolute atomic E-state index is 5.25. The summed E-state index contributed by atoms with van der Waals surface area (Å²) in [5.41, 5.74) is 2.39. The van der Waals surface area contributed by atoms with Crippen LogP contribution in [0.15, 0.2) is 18.2 Å². The summed E-state index contributed by atoms with van der Waals surface area (Å²) in [6.07, 6.45) is 1.35. The lowest BCUT2D eigenvalue weighted by atomic mass is 10.1. The first-order valence-electron chi connectivity index (χ1n) is 5.76. The highest BCUT2D eigenvalue weighted by molar-refractivity contribution is 7.99. The fourth-order valence-corrected chi connectivity index (χ4v) is 3.28. The van der Waals surface area contributed by atoms with Crippen LogP contribution < -0.4 is 10.1 Å². The molecule has 0 spiro atoms. The van der Waals surface area contributed by atoms with Gasteiger partial charge in [0.25, 0.3) is 0 Å². The number of hydrogen-bond acceptors (Lipinski definition) is 3. The highest BCUT2D eigenvalue weighted by Crippen LogP contribution is 2.25. The molecule has 0 saturated carbocycles. The predicted octanol–water partition coefficient (Wildman–Crippen LogP) is 3.17. The first kappa shape index (κ1) is 11.6. The van der Waals surface area contributed by atoms with E-state index in [2.05, 4.69) is 36.1 Å². The quantitative estimate of drug-likeness (QED) is 0.869. The van der Waals surface area contributed by atoms with Crippen molar-refractivity contribution in [2.45, 2.75) is 13.3 Å². The van der Waals surface area contributed by atoms with Crippen LogP contribution in [0.3, 0.4) is 0 Å². The molecule has 1 heterocycles. The number of nitrogens with one attached hydrogen (secondary N) is 1. The van der Waals surface area contributed by atoms with E-state index in [0.29, 0.717) is 0 Å². The van der Waals surface area contributed by atoms with E-state index in [0.717, 1.165) is 18.2 Å². The van der Waals surface area contributed by atoms with Gasteiger partial charge in [-0.1, -0.05) is 0 Å². The molecule has 1 aromatic carbocycles. The molecule has 0 aromatic heterocycles. The molecule has 1 fully saturated rings. The number of anilines is 1. The van der Waals surface area contributed by atoms with Crippen LogP contribution >= 0.6 is 11.8 Å². The van der Waals surface area contributed by atoms with E-state index in [9.17, 15) is 0 Å². The number of methoxy groups -OCH3 is 1. The zero-order chi connectivity index (χ0) is 11.4. The summed E-state index contributed by atoms with van der Waals surface area (Å²) >= 11 is 2.07. The molecule has 1 saturated heterocycles. The van der Waals surface area contributed by atoms with Gasteiger partial charge in [-0.2, -0.15) is 11.8 Å². The molecule has 0 amide bonds. The van der Waals surface area contributed by atoms with E-state index in [1.165, 1.54) is 29.2 Å². The van der Waals surface area contributed by atoms with E-state index in [-0.39, 0.29) is 0 Å². The second-order valence-electron chi connectivity index (χ2n) is 4.29. The highest BCUT2D eigenvalue weighted by atomic mass is 32.2. The molecule has 1 atom stereocenters. The average Bonchev–Trinajstić information content (AvgIpc) is 2.79. The van der Waals surface area contributed by atoms with Crippen LogP contribution in [0.5, 0.6) is 5.75 Å². The maximum Gasteiger partial charge on any atom is 0.121 e. The fraction of sp³-hybridized carbons (Fsp3) is 0.538. The Labute approximate surface area is 102 Å². The minimum atomic E-state index is 0.840. The lowest BCUT2D eigenvalue weighted by Crippen LogP contribution is -2.13. The Bertz CT molecular complexity index is 348. The number of benzene rings is 1. The number of ether oxygens (including phenoxy) is 1. The minimum Gasteiger partial charge on any atom is -0.496 e. The first-order chi connectivity index (χ1) is 7.79. The van der Waals surface area contributed by atoms with Crippen LogP contribution in [0.1, 0.15) is 12.0 Å². The van der Waals surface area contributed by atoms with E-state index in [1.54, 1.807) is 7.11 Å². The molecule has 2 nitrogen and oxygen atoms in total. The summed E-state index contributed by atoms with van der Waals surface area (Å²) in [5, 5.41) is 3.51. The summed E-state index contributed by atoms with van der Waals surface area (Å²) in [5.74, 6) is 4.44. The van der Waals surface area contributed by atoms with Crippen LogP contribution in [0.4, 0.5) is 5.69 Å². The second kappa shape index (κ2) is 5.48. The van der Waals surface area contributed by atoms with Gasteiger partial charge in [0.2, 0.25) is 0 Å². The van der Waals surface area contributed by atoms with Gasteiger partial charge in [0, 0.05) is 12.2 Å². The molecule has 0 aliphatic carbocycles. The Balaban J connectivity index is 1.91. The summed E-state index contributed by atoms with van der Waals surface area (Å²) < 4.78 is 5.25. The second-order valence-corrected chi connectivity index (χ2v) is 5.44. The molecule has 1 aromatic rings. The van der Waals surface area contributed by atoms with E-state index in [4.69, 9.17) is 4.74 Å². The van der Waals surface area contributed by atoms with Gasteiger partial charge in [-0.3, -0.25) is 0 Å². The van der Waals surface area contributed by atoms with Crippen molar-refractivity contribution in [1.29, 1.82) is 0 Å². The van der Waals surface area contributed by atoms with E-state index < -0.39 is 0 Å². The molecule has 0 radical (unpaired) electrons. The first-order valence-corrected chi connectivity index (χ1v) is 6.91. The van der Waals surface area contributed by atoms with Crippen molar-refractivity contribution in [3.63, 3.8) is 0 Å². The molecule has 1 N–H and O–H groups in total. The molecule has 0 bridgehead atoms. The lowest BCUT2D eigenvalue weighted by Gasteiger charge is -2.13. The molecular weight excluding hydrogens is 218 g/mol. The topological polar surface area (TPSA) is 21.3 Å². The molecule has 3 heteroatoms. The third kappa shape index (κ3) is 2.85. The standard InChI is InChI=1S/C13H19NOS/c1-10-7-12(3-4-13(10)15-2)14-8-11-5-6-16-9-11/h3-4,7,11,14H,5-6,8-9H2,1-2H3. The SMILES string of the molecule is COc1ccc(NCC2CCSC2)cc1C. The van der Waals surface area contributed by atoms with E-state index in [1.807, 2.05) is 6.07 Å². The Hall–Kier alpha value is -0.830. The van der Waals surface area contributed by atoms with E-state index >= 15 is 0 Å². The fourth-order valence-electron chi connectivity index (χ4n) is 1.99.